The molecular weight excluding hydrogens is 274 g/mol. The van der Waals surface area contributed by atoms with Crippen molar-refractivity contribution in [3.8, 4) is 5.75 Å². The first-order valence-electron chi connectivity index (χ1n) is 6.82. The van der Waals surface area contributed by atoms with E-state index in [1.807, 2.05) is 0 Å². The maximum Gasteiger partial charge on any atom is 0.279 e. The Hall–Kier alpha value is -2.25. The fraction of sp³-hybridized carbons (Fsp3) is 0.357. The lowest BCUT2D eigenvalue weighted by Crippen LogP contribution is -3.12. The van der Waals surface area contributed by atoms with Crippen LogP contribution in [0.5, 0.6) is 5.75 Å². The number of pyridine rings is 1. The van der Waals surface area contributed by atoms with Crippen LogP contribution >= 0.6 is 0 Å². The number of aromatic nitrogens is 1. The standard InChI is InChI=1S/C14H15N3O4/c18-14-10(9-16-4-6-21-7-5-16)8-12(17(19)20)11-2-1-3-15-13(11)14/h1-3,8,18H,4-7,9H2/p+1. The van der Waals surface area contributed by atoms with Crippen LogP contribution < -0.4 is 4.90 Å². The molecule has 1 aromatic heterocycles. The van der Waals surface area contributed by atoms with E-state index in [4.69, 9.17) is 4.74 Å². The van der Waals surface area contributed by atoms with E-state index in [-0.39, 0.29) is 17.0 Å². The molecule has 1 aliphatic rings. The predicted octanol–water partition coefficient (Wildman–Crippen LogP) is 0.264. The number of phenolic OH excluding ortho intramolecular Hbond substituents is 1. The van der Waals surface area contributed by atoms with Crippen molar-refractivity contribution in [3.63, 3.8) is 0 Å². The van der Waals surface area contributed by atoms with Gasteiger partial charge in [0.2, 0.25) is 0 Å². The summed E-state index contributed by atoms with van der Waals surface area (Å²) >= 11 is 0. The van der Waals surface area contributed by atoms with Gasteiger partial charge in [0.1, 0.15) is 25.2 Å². The highest BCUT2D eigenvalue weighted by Gasteiger charge is 2.23. The highest BCUT2D eigenvalue weighted by Crippen LogP contribution is 2.33. The number of rotatable bonds is 3. The van der Waals surface area contributed by atoms with E-state index < -0.39 is 4.92 Å². The Balaban J connectivity index is 2.05. The third-order valence-corrected chi connectivity index (χ3v) is 3.76. The summed E-state index contributed by atoms with van der Waals surface area (Å²) in [4.78, 5) is 16.1. The maximum absolute atomic E-state index is 11.2. The van der Waals surface area contributed by atoms with Crippen molar-refractivity contribution >= 4 is 16.6 Å². The van der Waals surface area contributed by atoms with Gasteiger partial charge >= 0.3 is 0 Å². The molecule has 7 heteroatoms. The number of morpholine rings is 1. The van der Waals surface area contributed by atoms with Gasteiger partial charge in [0.05, 0.1) is 29.1 Å². The zero-order valence-electron chi connectivity index (χ0n) is 11.4. The first kappa shape index (κ1) is 13.7. The number of nitro groups is 1. The average Bonchev–Trinajstić information content (AvgIpc) is 2.51. The molecule has 2 N–H and O–H groups in total. The van der Waals surface area contributed by atoms with Crippen LogP contribution in [0.4, 0.5) is 5.69 Å². The van der Waals surface area contributed by atoms with Crippen LogP contribution in [-0.4, -0.2) is 41.3 Å². The second-order valence-electron chi connectivity index (χ2n) is 5.10. The summed E-state index contributed by atoms with van der Waals surface area (Å²) in [5, 5.41) is 22.0. The first-order valence-corrected chi connectivity index (χ1v) is 6.82. The molecule has 0 unspecified atom stereocenters. The van der Waals surface area contributed by atoms with Crippen LogP contribution in [0, 0.1) is 10.1 Å². The summed E-state index contributed by atoms with van der Waals surface area (Å²) in [6, 6.07) is 4.69. The minimum Gasteiger partial charge on any atom is -0.505 e. The lowest BCUT2D eigenvalue weighted by molar-refractivity contribution is -0.921. The summed E-state index contributed by atoms with van der Waals surface area (Å²) in [5.41, 5.74) is 0.831. The van der Waals surface area contributed by atoms with Crippen LogP contribution in [0.25, 0.3) is 10.9 Å². The third-order valence-electron chi connectivity index (χ3n) is 3.76. The molecule has 3 rings (SSSR count). The molecule has 0 saturated carbocycles. The number of nitrogens with zero attached hydrogens (tertiary/aromatic N) is 2. The molecule has 21 heavy (non-hydrogen) atoms. The minimum atomic E-state index is -0.429. The first-order chi connectivity index (χ1) is 10.2. The number of fused-ring (bicyclic) bond motifs is 1. The molecule has 0 atom stereocenters. The van der Waals surface area contributed by atoms with Crippen molar-refractivity contribution in [1.29, 1.82) is 0 Å². The molecule has 1 aromatic carbocycles. The van der Waals surface area contributed by atoms with Gasteiger partial charge in [-0.15, -0.1) is 0 Å². The molecule has 0 bridgehead atoms. The smallest absolute Gasteiger partial charge is 0.279 e. The number of nitrogens with one attached hydrogen (secondary N) is 1. The van der Waals surface area contributed by atoms with Crippen LogP contribution in [0.3, 0.4) is 0 Å². The van der Waals surface area contributed by atoms with E-state index in [0.717, 1.165) is 13.1 Å². The number of aromatic hydroxyl groups is 1. The molecule has 0 aliphatic carbocycles. The van der Waals surface area contributed by atoms with E-state index in [0.29, 0.717) is 30.7 Å². The Labute approximate surface area is 120 Å². The molecule has 2 aromatic rings. The molecule has 2 heterocycles. The molecule has 1 saturated heterocycles. The van der Waals surface area contributed by atoms with Gasteiger partial charge in [-0.25, -0.2) is 0 Å². The lowest BCUT2D eigenvalue weighted by Gasteiger charge is -2.24. The summed E-state index contributed by atoms with van der Waals surface area (Å²) in [5.74, 6) is 0.0372. The second-order valence-corrected chi connectivity index (χ2v) is 5.10. The van der Waals surface area contributed by atoms with Crippen LogP contribution in [0.2, 0.25) is 0 Å². The highest BCUT2D eigenvalue weighted by atomic mass is 16.6. The van der Waals surface area contributed by atoms with Gasteiger partial charge < -0.3 is 14.7 Å². The Morgan fingerprint density at radius 3 is 2.90 bits per heavy atom. The summed E-state index contributed by atoms with van der Waals surface area (Å²) in [6.45, 7) is 3.53. The molecule has 1 fully saturated rings. The Morgan fingerprint density at radius 1 is 1.43 bits per heavy atom. The van der Waals surface area contributed by atoms with Crippen molar-refractivity contribution in [2.75, 3.05) is 26.3 Å². The van der Waals surface area contributed by atoms with Crippen molar-refractivity contribution in [2.24, 2.45) is 0 Å². The molecule has 0 amide bonds. The maximum atomic E-state index is 11.2. The normalized spacial score (nSPS) is 16.2. The van der Waals surface area contributed by atoms with E-state index in [9.17, 15) is 15.2 Å². The van der Waals surface area contributed by atoms with Crippen molar-refractivity contribution in [2.45, 2.75) is 6.54 Å². The number of hydrogen-bond donors (Lipinski definition) is 2. The van der Waals surface area contributed by atoms with Gasteiger partial charge in [-0.05, 0) is 12.1 Å². The van der Waals surface area contributed by atoms with E-state index >= 15 is 0 Å². The fourth-order valence-electron chi connectivity index (χ4n) is 2.66. The van der Waals surface area contributed by atoms with Crippen molar-refractivity contribution in [1.82, 2.24) is 4.98 Å². The Bertz CT molecular complexity index is 683. The van der Waals surface area contributed by atoms with E-state index in [2.05, 4.69) is 4.98 Å². The van der Waals surface area contributed by atoms with Crippen molar-refractivity contribution < 1.29 is 19.7 Å². The summed E-state index contributed by atoms with van der Waals surface area (Å²) in [6.07, 6.45) is 1.52. The highest BCUT2D eigenvalue weighted by molar-refractivity contribution is 5.93. The fourth-order valence-corrected chi connectivity index (χ4v) is 2.66. The second kappa shape index (κ2) is 5.63. The van der Waals surface area contributed by atoms with Gasteiger partial charge in [-0.1, -0.05) is 0 Å². The molecule has 7 nitrogen and oxygen atoms in total. The molecule has 0 spiro atoms. The number of non-ortho nitro benzene ring substituents is 1. The number of benzene rings is 1. The largest absolute Gasteiger partial charge is 0.505 e. The number of hydrogen-bond acceptors (Lipinski definition) is 5. The molecular formula is C14H16N3O4+. The van der Waals surface area contributed by atoms with Gasteiger partial charge in [-0.2, -0.15) is 0 Å². The molecule has 1 aliphatic heterocycles. The number of ether oxygens (including phenoxy) is 1. The summed E-state index contributed by atoms with van der Waals surface area (Å²) < 4.78 is 5.30. The topological polar surface area (TPSA) is 89.9 Å². The minimum absolute atomic E-state index is 0.0152. The summed E-state index contributed by atoms with van der Waals surface area (Å²) in [7, 11) is 0. The number of quaternary nitrogens is 1. The Kier molecular flexibility index (Phi) is 3.68. The van der Waals surface area contributed by atoms with E-state index in [1.54, 1.807) is 12.1 Å². The van der Waals surface area contributed by atoms with Crippen LogP contribution in [0.1, 0.15) is 5.56 Å². The van der Waals surface area contributed by atoms with Gasteiger partial charge in [0, 0.05) is 12.3 Å². The quantitative estimate of drug-likeness (QED) is 0.625. The zero-order chi connectivity index (χ0) is 14.8. The van der Waals surface area contributed by atoms with Crippen LogP contribution in [0.15, 0.2) is 24.4 Å². The molecule has 0 radical (unpaired) electrons. The third kappa shape index (κ3) is 2.65. The lowest BCUT2D eigenvalue weighted by atomic mass is 10.1. The van der Waals surface area contributed by atoms with E-state index in [1.165, 1.54) is 17.2 Å². The van der Waals surface area contributed by atoms with Crippen LogP contribution in [-0.2, 0) is 11.3 Å². The number of nitro benzene ring substituents is 1. The number of phenols is 1. The Morgan fingerprint density at radius 2 is 2.19 bits per heavy atom. The SMILES string of the molecule is O=[N+]([O-])c1cc(C[NH+]2CCOCC2)c(O)c2ncccc12. The molecule has 110 valence electrons. The monoisotopic (exact) mass is 290 g/mol. The zero-order valence-corrected chi connectivity index (χ0v) is 11.4. The van der Waals surface area contributed by atoms with Gasteiger partial charge in [-0.3, -0.25) is 15.1 Å². The average molecular weight is 290 g/mol. The van der Waals surface area contributed by atoms with Crippen molar-refractivity contribution in [3.05, 3.63) is 40.1 Å². The van der Waals surface area contributed by atoms with Gasteiger partial charge in [0.25, 0.3) is 5.69 Å². The predicted molar refractivity (Wildman–Crippen MR) is 75.3 cm³/mol. The van der Waals surface area contributed by atoms with Gasteiger partial charge in [0.15, 0.2) is 5.75 Å².